The fourth-order valence-corrected chi connectivity index (χ4v) is 3.55. The number of halogens is 1. The number of rotatable bonds is 8. The van der Waals surface area contributed by atoms with Gasteiger partial charge in [0, 0.05) is 51.4 Å². The Morgan fingerprint density at radius 2 is 1.65 bits per heavy atom. The molecule has 0 aliphatic carbocycles. The van der Waals surface area contributed by atoms with Crippen LogP contribution >= 0.6 is 24.0 Å². The molecule has 7 heteroatoms. The Kier molecular flexibility index (Phi) is 11.1. The molecule has 0 unspecified atom stereocenters. The fourth-order valence-electron chi connectivity index (χ4n) is 3.55. The van der Waals surface area contributed by atoms with E-state index < -0.39 is 0 Å². The summed E-state index contributed by atoms with van der Waals surface area (Å²) in [6.07, 6.45) is 0. The Labute approximate surface area is 204 Å². The number of hydrogen-bond acceptors (Lipinski definition) is 4. The molecule has 31 heavy (non-hydrogen) atoms. The Bertz CT molecular complexity index is 804. The van der Waals surface area contributed by atoms with Gasteiger partial charge in [0.2, 0.25) is 0 Å². The van der Waals surface area contributed by atoms with Crippen molar-refractivity contribution in [3.05, 3.63) is 65.2 Å². The van der Waals surface area contributed by atoms with Crippen LogP contribution in [0.15, 0.2) is 53.5 Å². The molecule has 0 saturated carbocycles. The van der Waals surface area contributed by atoms with Crippen LogP contribution in [0.25, 0.3) is 0 Å². The average molecular weight is 537 g/mol. The van der Waals surface area contributed by atoms with Crippen molar-refractivity contribution in [3.8, 4) is 5.75 Å². The van der Waals surface area contributed by atoms with E-state index in [9.17, 15) is 0 Å². The smallest absolute Gasteiger partial charge is 0.191 e. The molecule has 2 aromatic rings. The number of aliphatic imine (C=N–C) groups is 1. The largest absolute Gasteiger partial charge is 0.496 e. The summed E-state index contributed by atoms with van der Waals surface area (Å²) in [5.41, 5.74) is 3.69. The lowest BCUT2D eigenvalue weighted by Gasteiger charge is -2.32. The van der Waals surface area contributed by atoms with E-state index in [2.05, 4.69) is 64.7 Å². The van der Waals surface area contributed by atoms with E-state index in [1.165, 1.54) is 11.1 Å². The maximum Gasteiger partial charge on any atom is 0.191 e. The van der Waals surface area contributed by atoms with Crippen LogP contribution in [0.3, 0.4) is 0 Å². The molecule has 0 spiro atoms. The molecule has 170 valence electrons. The quantitative estimate of drug-likeness (QED) is 0.308. The van der Waals surface area contributed by atoms with Crippen LogP contribution in [-0.2, 0) is 19.6 Å². The number of methoxy groups -OCH3 is 1. The van der Waals surface area contributed by atoms with Crippen LogP contribution < -0.4 is 15.4 Å². The Balaban J connectivity index is 0.00000341. The number of benzene rings is 2. The lowest BCUT2D eigenvalue weighted by atomic mass is 10.1. The number of nitrogens with one attached hydrogen (secondary N) is 2. The molecule has 0 aromatic heterocycles. The summed E-state index contributed by atoms with van der Waals surface area (Å²) >= 11 is 0. The minimum absolute atomic E-state index is 0. The molecule has 2 N–H and O–H groups in total. The van der Waals surface area contributed by atoms with Crippen LogP contribution in [0, 0.1) is 0 Å². The first-order chi connectivity index (χ1) is 14.7. The summed E-state index contributed by atoms with van der Waals surface area (Å²) in [5.74, 6) is 1.70. The summed E-state index contributed by atoms with van der Waals surface area (Å²) in [6.45, 7) is 9.84. The first kappa shape index (κ1) is 25.4. The zero-order valence-corrected chi connectivity index (χ0v) is 21.3. The number of hydrogen-bond donors (Lipinski definition) is 2. The highest BCUT2D eigenvalue weighted by atomic mass is 127. The first-order valence-corrected chi connectivity index (χ1v) is 10.8. The summed E-state index contributed by atoms with van der Waals surface area (Å²) in [4.78, 5) is 9.66. The van der Waals surface area contributed by atoms with Crippen LogP contribution in [0.2, 0.25) is 0 Å². The highest BCUT2D eigenvalue weighted by molar-refractivity contribution is 14.0. The van der Waals surface area contributed by atoms with Gasteiger partial charge >= 0.3 is 0 Å². The standard InChI is InChI=1S/C24H35N5O.HI/c1-4-25-24(27-18-22-7-5-6-8-23(22)30-3)26-17-20-9-11-21(12-10-20)19-29-15-13-28(2)14-16-29;/h5-12H,4,13-19H2,1-3H3,(H2,25,26,27);1H. The van der Waals surface area contributed by atoms with E-state index in [-0.39, 0.29) is 24.0 Å². The number of likely N-dealkylation sites (N-methyl/N-ethyl adjacent to an activating group) is 1. The number of ether oxygens (including phenoxy) is 1. The molecule has 3 rings (SSSR count). The fraction of sp³-hybridized carbons (Fsp3) is 0.458. The van der Waals surface area contributed by atoms with Crippen molar-refractivity contribution in [2.45, 2.75) is 26.6 Å². The van der Waals surface area contributed by atoms with Crippen LogP contribution in [0.4, 0.5) is 0 Å². The number of piperazine rings is 1. The number of guanidine groups is 1. The monoisotopic (exact) mass is 537 g/mol. The molecule has 0 radical (unpaired) electrons. The highest BCUT2D eigenvalue weighted by Gasteiger charge is 2.13. The van der Waals surface area contributed by atoms with Crippen LogP contribution in [0.5, 0.6) is 5.75 Å². The molecule has 1 heterocycles. The van der Waals surface area contributed by atoms with Gasteiger partial charge in [0.05, 0.1) is 13.7 Å². The van der Waals surface area contributed by atoms with Crippen molar-refractivity contribution < 1.29 is 4.74 Å². The third kappa shape index (κ3) is 8.31. The maximum absolute atomic E-state index is 5.43. The predicted octanol–water partition coefficient (Wildman–Crippen LogP) is 3.32. The van der Waals surface area contributed by atoms with Gasteiger partial charge in [-0.2, -0.15) is 0 Å². The van der Waals surface area contributed by atoms with Crippen molar-refractivity contribution >= 4 is 29.9 Å². The third-order valence-electron chi connectivity index (χ3n) is 5.43. The second-order valence-electron chi connectivity index (χ2n) is 7.76. The van der Waals surface area contributed by atoms with Crippen molar-refractivity contribution in [2.75, 3.05) is 46.9 Å². The lowest BCUT2D eigenvalue weighted by molar-refractivity contribution is 0.148. The van der Waals surface area contributed by atoms with Crippen molar-refractivity contribution in [2.24, 2.45) is 4.99 Å². The molecule has 6 nitrogen and oxygen atoms in total. The van der Waals surface area contributed by atoms with Crippen molar-refractivity contribution in [3.63, 3.8) is 0 Å². The predicted molar refractivity (Wildman–Crippen MR) is 139 cm³/mol. The van der Waals surface area contributed by atoms with Gasteiger partial charge in [-0.15, -0.1) is 24.0 Å². The Morgan fingerprint density at radius 3 is 2.32 bits per heavy atom. The summed E-state index contributed by atoms with van der Waals surface area (Å²) in [5, 5.41) is 6.72. The highest BCUT2D eigenvalue weighted by Crippen LogP contribution is 2.16. The van der Waals surface area contributed by atoms with Gasteiger partial charge in [-0.05, 0) is 31.2 Å². The van der Waals surface area contributed by atoms with Gasteiger partial charge in [0.1, 0.15) is 5.75 Å². The molecular weight excluding hydrogens is 501 g/mol. The minimum Gasteiger partial charge on any atom is -0.496 e. The molecular formula is C24H36IN5O. The number of nitrogens with zero attached hydrogens (tertiary/aromatic N) is 3. The SMILES string of the molecule is CCNC(=NCc1ccc(CN2CCN(C)CC2)cc1)NCc1ccccc1OC.I. The van der Waals surface area contributed by atoms with Gasteiger partial charge in [-0.3, -0.25) is 4.90 Å². The van der Waals surface area contributed by atoms with Gasteiger partial charge in [0.25, 0.3) is 0 Å². The normalized spacial score (nSPS) is 15.3. The van der Waals surface area contributed by atoms with E-state index in [1.54, 1.807) is 7.11 Å². The molecule has 1 aliphatic heterocycles. The van der Waals surface area contributed by atoms with E-state index >= 15 is 0 Å². The summed E-state index contributed by atoms with van der Waals surface area (Å²) in [6, 6.07) is 16.9. The Morgan fingerprint density at radius 1 is 0.968 bits per heavy atom. The lowest BCUT2D eigenvalue weighted by Crippen LogP contribution is -2.43. The van der Waals surface area contributed by atoms with E-state index in [1.807, 2.05) is 18.2 Å². The summed E-state index contributed by atoms with van der Waals surface area (Å²) < 4.78 is 5.43. The Hall–Kier alpha value is -1.84. The molecule has 0 bridgehead atoms. The molecule has 2 aromatic carbocycles. The van der Waals surface area contributed by atoms with Gasteiger partial charge in [-0.25, -0.2) is 4.99 Å². The first-order valence-electron chi connectivity index (χ1n) is 10.8. The summed E-state index contributed by atoms with van der Waals surface area (Å²) in [7, 11) is 3.89. The second-order valence-corrected chi connectivity index (χ2v) is 7.76. The van der Waals surface area contributed by atoms with Gasteiger partial charge in [0.15, 0.2) is 5.96 Å². The zero-order chi connectivity index (χ0) is 21.2. The van der Waals surface area contributed by atoms with Crippen LogP contribution in [-0.4, -0.2) is 62.6 Å². The number of para-hydroxylation sites is 1. The van der Waals surface area contributed by atoms with Gasteiger partial charge < -0.3 is 20.3 Å². The third-order valence-corrected chi connectivity index (χ3v) is 5.43. The molecule has 1 aliphatic rings. The van der Waals surface area contributed by atoms with E-state index in [4.69, 9.17) is 9.73 Å². The average Bonchev–Trinajstić information content (AvgIpc) is 2.78. The topological polar surface area (TPSA) is 52.1 Å². The minimum atomic E-state index is 0. The van der Waals surface area contributed by atoms with Crippen molar-refractivity contribution in [1.82, 2.24) is 20.4 Å². The van der Waals surface area contributed by atoms with Crippen molar-refractivity contribution in [1.29, 1.82) is 0 Å². The van der Waals surface area contributed by atoms with Gasteiger partial charge in [-0.1, -0.05) is 42.5 Å². The van der Waals surface area contributed by atoms with Crippen LogP contribution in [0.1, 0.15) is 23.6 Å². The van der Waals surface area contributed by atoms with E-state index in [0.29, 0.717) is 13.1 Å². The van der Waals surface area contributed by atoms with E-state index in [0.717, 1.165) is 56.5 Å². The molecule has 0 atom stereocenters. The molecule has 0 amide bonds. The molecule has 1 saturated heterocycles. The maximum atomic E-state index is 5.43. The second kappa shape index (κ2) is 13.5. The zero-order valence-electron chi connectivity index (χ0n) is 18.9. The molecule has 1 fully saturated rings.